The van der Waals surface area contributed by atoms with Gasteiger partial charge in [-0.05, 0) is 44.8 Å². The van der Waals surface area contributed by atoms with Crippen molar-refractivity contribution in [1.82, 2.24) is 15.5 Å². The molecule has 0 amide bonds. The Morgan fingerprint density at radius 2 is 2.12 bits per heavy atom. The highest BCUT2D eigenvalue weighted by atomic mass is 127. The van der Waals surface area contributed by atoms with Gasteiger partial charge in [-0.3, -0.25) is 4.99 Å². The van der Waals surface area contributed by atoms with Gasteiger partial charge < -0.3 is 15.5 Å². The lowest BCUT2D eigenvalue weighted by molar-refractivity contribution is 0.142. The number of hydrogen-bond donors (Lipinski definition) is 2. The van der Waals surface area contributed by atoms with Crippen LogP contribution in [0.5, 0.6) is 0 Å². The van der Waals surface area contributed by atoms with Crippen LogP contribution in [0.15, 0.2) is 4.99 Å². The molecular formula is C12H25IN4. The molecule has 2 aliphatic heterocycles. The maximum absolute atomic E-state index is 4.44. The largest absolute Gasteiger partial charge is 0.356 e. The summed E-state index contributed by atoms with van der Waals surface area (Å²) in [6.07, 6.45) is 3.72. The smallest absolute Gasteiger partial charge is 0.191 e. The van der Waals surface area contributed by atoms with E-state index in [1.807, 2.05) is 0 Å². The van der Waals surface area contributed by atoms with Crippen molar-refractivity contribution in [3.63, 3.8) is 0 Å². The van der Waals surface area contributed by atoms with E-state index in [-0.39, 0.29) is 24.0 Å². The van der Waals surface area contributed by atoms with Crippen LogP contribution in [0.25, 0.3) is 0 Å². The maximum atomic E-state index is 4.44. The average Bonchev–Trinajstić information content (AvgIpc) is 2.33. The standard InChI is InChI=1S/C12H24N4.HI/c1-12(4-8-16(2)9-5-12)10-15-11-13-6-3-7-14-11;/h3-10H2,1-2H3,(H2,13,14,15);1H. The number of nitrogens with one attached hydrogen (secondary N) is 2. The first-order valence-corrected chi connectivity index (χ1v) is 6.39. The van der Waals surface area contributed by atoms with E-state index in [1.165, 1.54) is 25.9 Å². The zero-order valence-electron chi connectivity index (χ0n) is 11.0. The first-order valence-electron chi connectivity index (χ1n) is 6.39. The third-order valence-corrected chi connectivity index (χ3v) is 3.77. The molecule has 2 aliphatic rings. The van der Waals surface area contributed by atoms with E-state index in [0.29, 0.717) is 5.41 Å². The molecule has 1 saturated heterocycles. The van der Waals surface area contributed by atoms with Gasteiger partial charge >= 0.3 is 0 Å². The Bertz CT molecular complexity index is 259. The van der Waals surface area contributed by atoms with Gasteiger partial charge in [0.25, 0.3) is 0 Å². The zero-order chi connectivity index (χ0) is 11.4. The van der Waals surface area contributed by atoms with E-state index in [1.54, 1.807) is 0 Å². The molecule has 0 aliphatic carbocycles. The first-order chi connectivity index (χ1) is 7.68. The molecule has 100 valence electrons. The number of nitrogens with zero attached hydrogens (tertiary/aromatic N) is 2. The number of halogens is 1. The van der Waals surface area contributed by atoms with Gasteiger partial charge in [-0.15, -0.1) is 24.0 Å². The Hall–Kier alpha value is -0.0400. The van der Waals surface area contributed by atoms with Crippen molar-refractivity contribution >= 4 is 29.9 Å². The fourth-order valence-electron chi connectivity index (χ4n) is 2.28. The molecule has 4 nitrogen and oxygen atoms in total. The van der Waals surface area contributed by atoms with Gasteiger partial charge in [-0.25, -0.2) is 0 Å². The number of likely N-dealkylation sites (tertiary alicyclic amines) is 1. The van der Waals surface area contributed by atoms with Crippen molar-refractivity contribution in [3.8, 4) is 0 Å². The Balaban J connectivity index is 0.00000144. The molecule has 0 radical (unpaired) electrons. The second-order valence-corrected chi connectivity index (χ2v) is 5.48. The third-order valence-electron chi connectivity index (χ3n) is 3.77. The van der Waals surface area contributed by atoms with Crippen LogP contribution in [0.3, 0.4) is 0 Å². The van der Waals surface area contributed by atoms with Crippen LogP contribution < -0.4 is 10.6 Å². The molecule has 2 rings (SSSR count). The van der Waals surface area contributed by atoms with E-state index in [2.05, 4.69) is 34.5 Å². The van der Waals surface area contributed by atoms with Gasteiger partial charge in [0.2, 0.25) is 0 Å². The minimum absolute atomic E-state index is 0. The number of piperidine rings is 1. The van der Waals surface area contributed by atoms with E-state index < -0.39 is 0 Å². The van der Waals surface area contributed by atoms with Crippen LogP contribution in [0.4, 0.5) is 0 Å². The summed E-state index contributed by atoms with van der Waals surface area (Å²) in [5, 5.41) is 6.78. The molecule has 0 aromatic carbocycles. The minimum Gasteiger partial charge on any atom is -0.356 e. The summed E-state index contributed by atoms with van der Waals surface area (Å²) < 4.78 is 0. The molecule has 0 spiro atoms. The van der Waals surface area contributed by atoms with Crippen molar-refractivity contribution < 1.29 is 0 Å². The number of guanidine groups is 1. The maximum Gasteiger partial charge on any atom is 0.191 e. The van der Waals surface area contributed by atoms with Crippen LogP contribution in [0, 0.1) is 5.41 Å². The van der Waals surface area contributed by atoms with Crippen LogP contribution in [-0.4, -0.2) is 50.6 Å². The SMILES string of the molecule is CN1CCC(C)(CNC2=NCCCN2)CC1.I. The Kier molecular flexibility index (Phi) is 5.99. The quantitative estimate of drug-likeness (QED) is 0.736. The molecule has 17 heavy (non-hydrogen) atoms. The van der Waals surface area contributed by atoms with Crippen LogP contribution in [-0.2, 0) is 0 Å². The first kappa shape index (κ1) is 15.0. The monoisotopic (exact) mass is 352 g/mol. The summed E-state index contributed by atoms with van der Waals surface area (Å²) in [5.74, 6) is 1.01. The van der Waals surface area contributed by atoms with E-state index in [0.717, 1.165) is 32.0 Å². The average molecular weight is 352 g/mol. The highest BCUT2D eigenvalue weighted by Gasteiger charge is 2.28. The summed E-state index contributed by atoms with van der Waals surface area (Å²) in [4.78, 5) is 6.86. The predicted octanol–water partition coefficient (Wildman–Crippen LogP) is 1.28. The van der Waals surface area contributed by atoms with Gasteiger partial charge in [0.15, 0.2) is 5.96 Å². The predicted molar refractivity (Wildman–Crippen MR) is 83.2 cm³/mol. The van der Waals surface area contributed by atoms with Gasteiger partial charge in [-0.2, -0.15) is 0 Å². The molecule has 2 heterocycles. The van der Waals surface area contributed by atoms with Crippen LogP contribution >= 0.6 is 24.0 Å². The topological polar surface area (TPSA) is 39.7 Å². The van der Waals surface area contributed by atoms with Gasteiger partial charge in [0, 0.05) is 19.6 Å². The zero-order valence-corrected chi connectivity index (χ0v) is 13.3. The molecule has 0 aromatic heterocycles. The molecule has 0 saturated carbocycles. The lowest BCUT2D eigenvalue weighted by Crippen LogP contribution is -2.48. The molecule has 0 bridgehead atoms. The van der Waals surface area contributed by atoms with Crippen molar-refractivity contribution in [1.29, 1.82) is 0 Å². The van der Waals surface area contributed by atoms with Crippen molar-refractivity contribution in [2.24, 2.45) is 10.4 Å². The van der Waals surface area contributed by atoms with Gasteiger partial charge in [-0.1, -0.05) is 6.92 Å². The van der Waals surface area contributed by atoms with Crippen LogP contribution in [0.2, 0.25) is 0 Å². The summed E-state index contributed by atoms with van der Waals surface area (Å²) >= 11 is 0. The summed E-state index contributed by atoms with van der Waals surface area (Å²) in [5.41, 5.74) is 0.439. The Labute approximate surface area is 122 Å². The number of rotatable bonds is 2. The molecule has 0 unspecified atom stereocenters. The van der Waals surface area contributed by atoms with Crippen molar-refractivity contribution in [3.05, 3.63) is 0 Å². The third kappa shape index (κ3) is 4.62. The minimum atomic E-state index is 0. The van der Waals surface area contributed by atoms with E-state index >= 15 is 0 Å². The van der Waals surface area contributed by atoms with Crippen molar-refractivity contribution in [2.75, 3.05) is 39.8 Å². The molecular weight excluding hydrogens is 327 g/mol. The molecule has 0 atom stereocenters. The van der Waals surface area contributed by atoms with Crippen LogP contribution in [0.1, 0.15) is 26.2 Å². The fourth-order valence-corrected chi connectivity index (χ4v) is 2.28. The van der Waals surface area contributed by atoms with Gasteiger partial charge in [0.1, 0.15) is 0 Å². The molecule has 0 aromatic rings. The number of hydrogen-bond acceptors (Lipinski definition) is 4. The fraction of sp³-hybridized carbons (Fsp3) is 0.917. The molecule has 5 heteroatoms. The highest BCUT2D eigenvalue weighted by molar-refractivity contribution is 14.0. The van der Waals surface area contributed by atoms with Gasteiger partial charge in [0.05, 0.1) is 0 Å². The lowest BCUT2D eigenvalue weighted by Gasteiger charge is -2.38. The Morgan fingerprint density at radius 3 is 2.71 bits per heavy atom. The normalized spacial score (nSPS) is 24.2. The second-order valence-electron chi connectivity index (χ2n) is 5.48. The second kappa shape index (κ2) is 6.78. The highest BCUT2D eigenvalue weighted by Crippen LogP contribution is 2.29. The molecule has 1 fully saturated rings. The molecule has 2 N–H and O–H groups in total. The summed E-state index contributed by atoms with van der Waals surface area (Å²) in [6.45, 7) is 7.90. The van der Waals surface area contributed by atoms with E-state index in [4.69, 9.17) is 0 Å². The van der Waals surface area contributed by atoms with E-state index in [9.17, 15) is 0 Å². The van der Waals surface area contributed by atoms with Crippen molar-refractivity contribution in [2.45, 2.75) is 26.2 Å². The lowest BCUT2D eigenvalue weighted by atomic mass is 9.80. The summed E-state index contributed by atoms with van der Waals surface area (Å²) in [7, 11) is 2.21. The number of aliphatic imine (C=N–C) groups is 1. The Morgan fingerprint density at radius 1 is 1.41 bits per heavy atom. The summed E-state index contributed by atoms with van der Waals surface area (Å²) in [6, 6.07) is 0.